The van der Waals surface area contributed by atoms with E-state index in [1.54, 1.807) is 7.11 Å². The molecule has 3 nitrogen and oxygen atoms in total. The van der Waals surface area contributed by atoms with Gasteiger partial charge in [-0.1, -0.05) is 39.0 Å². The Morgan fingerprint density at radius 3 is 2.35 bits per heavy atom. The van der Waals surface area contributed by atoms with E-state index in [1.807, 2.05) is 6.07 Å². The van der Waals surface area contributed by atoms with Crippen LogP contribution in [0.4, 0.5) is 0 Å². The molecule has 1 unspecified atom stereocenters. The lowest BCUT2D eigenvalue weighted by Crippen LogP contribution is -2.26. The van der Waals surface area contributed by atoms with Gasteiger partial charge in [-0.25, -0.2) is 0 Å². The first-order chi connectivity index (χ1) is 10.8. The zero-order valence-corrected chi connectivity index (χ0v) is 16.1. The maximum Gasteiger partial charge on any atom is 0.205 e. The number of benzene rings is 2. The molecule has 0 aliphatic rings. The molecule has 2 aromatic carbocycles. The van der Waals surface area contributed by atoms with E-state index in [-0.39, 0.29) is 11.5 Å². The number of hydrogen-bond acceptors (Lipinski definition) is 3. The molecule has 0 heterocycles. The maximum absolute atomic E-state index is 6.41. The first-order valence-electron chi connectivity index (χ1n) is 8.04. The molecule has 2 rings (SSSR count). The SMILES string of the molecule is COc1ccc2cc(CN)ccc2c1C(O[Si](C)C)C(C)(C)C. The molecule has 0 fully saturated rings. The van der Waals surface area contributed by atoms with Crippen molar-refractivity contribution in [3.63, 3.8) is 0 Å². The van der Waals surface area contributed by atoms with E-state index < -0.39 is 9.04 Å². The summed E-state index contributed by atoms with van der Waals surface area (Å²) in [5, 5.41) is 2.37. The smallest absolute Gasteiger partial charge is 0.205 e. The van der Waals surface area contributed by atoms with Crippen LogP contribution in [-0.2, 0) is 11.0 Å². The zero-order valence-electron chi connectivity index (χ0n) is 15.1. The lowest BCUT2D eigenvalue weighted by Gasteiger charge is -2.34. The third kappa shape index (κ3) is 3.94. The summed E-state index contributed by atoms with van der Waals surface area (Å²) in [6, 6.07) is 10.5. The second-order valence-corrected chi connectivity index (χ2v) is 9.27. The first kappa shape index (κ1) is 18.0. The minimum Gasteiger partial charge on any atom is -0.496 e. The second-order valence-electron chi connectivity index (χ2n) is 7.21. The van der Waals surface area contributed by atoms with Crippen molar-refractivity contribution in [1.29, 1.82) is 0 Å². The molecule has 23 heavy (non-hydrogen) atoms. The van der Waals surface area contributed by atoms with Crippen LogP contribution in [0.15, 0.2) is 30.3 Å². The summed E-state index contributed by atoms with van der Waals surface area (Å²) >= 11 is 0. The van der Waals surface area contributed by atoms with E-state index in [2.05, 4.69) is 58.1 Å². The summed E-state index contributed by atoms with van der Waals surface area (Å²) in [5.41, 5.74) is 8.05. The maximum atomic E-state index is 6.41. The fraction of sp³-hybridized carbons (Fsp3) is 0.474. The number of nitrogens with two attached hydrogens (primary N) is 1. The summed E-state index contributed by atoms with van der Waals surface area (Å²) in [7, 11) is 0.881. The van der Waals surface area contributed by atoms with Crippen molar-refractivity contribution in [3.8, 4) is 5.75 Å². The van der Waals surface area contributed by atoms with Crippen molar-refractivity contribution in [2.45, 2.75) is 46.5 Å². The molecule has 0 bridgehead atoms. The molecule has 0 saturated heterocycles. The van der Waals surface area contributed by atoms with Crippen molar-refractivity contribution in [2.24, 2.45) is 11.1 Å². The van der Waals surface area contributed by atoms with Crippen LogP contribution in [0.3, 0.4) is 0 Å². The van der Waals surface area contributed by atoms with Gasteiger partial charge < -0.3 is 14.9 Å². The summed E-state index contributed by atoms with van der Waals surface area (Å²) < 4.78 is 12.1. The lowest BCUT2D eigenvalue weighted by atomic mass is 9.82. The van der Waals surface area contributed by atoms with Crippen LogP contribution in [0.1, 0.15) is 38.0 Å². The monoisotopic (exact) mass is 330 g/mol. The molecule has 4 heteroatoms. The van der Waals surface area contributed by atoms with Crippen LogP contribution in [0, 0.1) is 5.41 Å². The second kappa shape index (κ2) is 7.03. The topological polar surface area (TPSA) is 44.5 Å². The fourth-order valence-electron chi connectivity index (χ4n) is 2.86. The highest BCUT2D eigenvalue weighted by Gasteiger charge is 2.32. The van der Waals surface area contributed by atoms with Gasteiger partial charge in [0.1, 0.15) is 5.75 Å². The Kier molecular flexibility index (Phi) is 5.50. The predicted molar refractivity (Wildman–Crippen MR) is 99.2 cm³/mol. The van der Waals surface area contributed by atoms with E-state index >= 15 is 0 Å². The summed E-state index contributed by atoms with van der Waals surface area (Å²) in [5.74, 6) is 0.890. The molecule has 0 aliphatic heterocycles. The normalized spacial score (nSPS) is 13.6. The van der Waals surface area contributed by atoms with Gasteiger partial charge in [0, 0.05) is 12.1 Å². The average molecular weight is 331 g/mol. The van der Waals surface area contributed by atoms with Gasteiger partial charge in [-0.3, -0.25) is 0 Å². The van der Waals surface area contributed by atoms with Crippen LogP contribution in [-0.4, -0.2) is 16.2 Å². The van der Waals surface area contributed by atoms with Gasteiger partial charge >= 0.3 is 0 Å². The molecule has 0 aromatic heterocycles. The van der Waals surface area contributed by atoms with E-state index in [0.29, 0.717) is 6.54 Å². The number of methoxy groups -OCH3 is 1. The molecule has 0 spiro atoms. The van der Waals surface area contributed by atoms with E-state index in [1.165, 1.54) is 10.8 Å². The van der Waals surface area contributed by atoms with E-state index in [9.17, 15) is 0 Å². The molecule has 0 aliphatic carbocycles. The summed E-state index contributed by atoms with van der Waals surface area (Å²) in [6.07, 6.45) is -0.00577. The van der Waals surface area contributed by atoms with Gasteiger partial charge in [0.25, 0.3) is 0 Å². The summed E-state index contributed by atoms with van der Waals surface area (Å²) in [6.45, 7) is 11.5. The number of hydrogen-bond donors (Lipinski definition) is 1. The summed E-state index contributed by atoms with van der Waals surface area (Å²) in [4.78, 5) is 0. The van der Waals surface area contributed by atoms with Gasteiger partial charge in [0.15, 0.2) is 0 Å². The molecule has 2 N–H and O–H groups in total. The van der Waals surface area contributed by atoms with Gasteiger partial charge in [0.2, 0.25) is 9.04 Å². The van der Waals surface area contributed by atoms with Crippen LogP contribution in [0.2, 0.25) is 13.1 Å². The van der Waals surface area contributed by atoms with Crippen LogP contribution in [0.25, 0.3) is 10.8 Å². The van der Waals surface area contributed by atoms with Crippen molar-refractivity contribution >= 4 is 19.8 Å². The predicted octanol–water partition coefficient (Wildman–Crippen LogP) is 4.66. The Bertz CT molecular complexity index is 677. The number of rotatable bonds is 5. The third-order valence-corrected chi connectivity index (χ3v) is 4.65. The highest BCUT2D eigenvalue weighted by Crippen LogP contribution is 2.44. The largest absolute Gasteiger partial charge is 0.496 e. The quantitative estimate of drug-likeness (QED) is 0.811. The Morgan fingerprint density at radius 1 is 1.13 bits per heavy atom. The van der Waals surface area contributed by atoms with E-state index in [4.69, 9.17) is 14.9 Å². The Hall–Kier alpha value is -1.36. The third-order valence-electron chi connectivity index (χ3n) is 3.94. The van der Waals surface area contributed by atoms with Gasteiger partial charge in [-0.2, -0.15) is 0 Å². The van der Waals surface area contributed by atoms with Crippen molar-refractivity contribution in [3.05, 3.63) is 41.5 Å². The molecule has 125 valence electrons. The molecule has 2 aromatic rings. The average Bonchev–Trinajstić information content (AvgIpc) is 2.49. The first-order valence-corrected chi connectivity index (χ1v) is 10.4. The standard InChI is InChI=1S/C19H28NO2Si/c1-19(2,3)18(22-23(5)6)17-15-9-7-13(12-20)11-14(15)8-10-16(17)21-4/h7-11,18H,12,20H2,1-6H3. The molecular weight excluding hydrogens is 302 g/mol. The van der Waals surface area contributed by atoms with Gasteiger partial charge in [-0.05, 0) is 47.0 Å². The van der Waals surface area contributed by atoms with Crippen molar-refractivity contribution in [1.82, 2.24) is 0 Å². The Morgan fingerprint density at radius 2 is 1.83 bits per heavy atom. The number of ether oxygens (including phenoxy) is 1. The fourth-order valence-corrected chi connectivity index (χ4v) is 3.81. The minimum absolute atomic E-state index is 0.00577. The van der Waals surface area contributed by atoms with E-state index in [0.717, 1.165) is 16.9 Å². The Labute approximate surface area is 141 Å². The molecule has 1 atom stereocenters. The van der Waals surface area contributed by atoms with Crippen molar-refractivity contribution in [2.75, 3.05) is 7.11 Å². The highest BCUT2D eigenvalue weighted by atomic mass is 28.3. The molecule has 0 saturated carbocycles. The molecular formula is C19H28NO2Si. The van der Waals surface area contributed by atoms with Gasteiger partial charge in [-0.15, -0.1) is 0 Å². The van der Waals surface area contributed by atoms with Crippen molar-refractivity contribution < 1.29 is 9.16 Å². The lowest BCUT2D eigenvalue weighted by molar-refractivity contribution is 0.0854. The highest BCUT2D eigenvalue weighted by molar-refractivity contribution is 6.48. The minimum atomic E-state index is -0.843. The Balaban J connectivity index is 2.72. The number of fused-ring (bicyclic) bond motifs is 1. The molecule has 0 amide bonds. The van der Waals surface area contributed by atoms with Crippen LogP contribution in [0.5, 0.6) is 5.75 Å². The molecule has 1 radical (unpaired) electrons. The zero-order chi connectivity index (χ0) is 17.2. The van der Waals surface area contributed by atoms with Gasteiger partial charge in [0.05, 0.1) is 13.2 Å². The van der Waals surface area contributed by atoms with Crippen LogP contribution < -0.4 is 10.5 Å². The van der Waals surface area contributed by atoms with Crippen LogP contribution >= 0.6 is 0 Å².